The van der Waals surface area contributed by atoms with Crippen molar-refractivity contribution in [1.82, 2.24) is 5.43 Å². The molecular weight excluding hydrogens is 291 g/mol. The molecule has 1 atom stereocenters. The molecular formula is C14H17F5N2. The van der Waals surface area contributed by atoms with Crippen molar-refractivity contribution in [3.05, 3.63) is 35.4 Å². The quantitative estimate of drug-likeness (QED) is 0.502. The summed E-state index contributed by atoms with van der Waals surface area (Å²) >= 11 is 0. The molecule has 0 heterocycles. The Kier molecular flexibility index (Phi) is 4.53. The van der Waals surface area contributed by atoms with Gasteiger partial charge in [-0.05, 0) is 36.5 Å². The first-order chi connectivity index (χ1) is 9.73. The highest BCUT2D eigenvalue weighted by Gasteiger charge is 2.38. The number of hydrogen-bond acceptors (Lipinski definition) is 2. The van der Waals surface area contributed by atoms with Gasteiger partial charge in [0.2, 0.25) is 5.92 Å². The predicted octanol–water partition coefficient (Wildman–Crippen LogP) is 4.04. The molecule has 0 aliphatic heterocycles. The molecule has 0 amide bonds. The molecule has 0 radical (unpaired) electrons. The van der Waals surface area contributed by atoms with E-state index in [4.69, 9.17) is 5.84 Å². The van der Waals surface area contributed by atoms with Crippen LogP contribution in [0.3, 0.4) is 0 Å². The van der Waals surface area contributed by atoms with Gasteiger partial charge in [-0.2, -0.15) is 13.2 Å². The van der Waals surface area contributed by atoms with Gasteiger partial charge in [-0.15, -0.1) is 0 Å². The molecule has 2 nitrogen and oxygen atoms in total. The van der Waals surface area contributed by atoms with E-state index in [1.165, 1.54) is 12.1 Å². The Hall–Kier alpha value is -1.21. The zero-order chi connectivity index (χ0) is 15.7. The lowest BCUT2D eigenvalue weighted by Crippen LogP contribution is -2.37. The summed E-state index contributed by atoms with van der Waals surface area (Å²) < 4.78 is 64.5. The Morgan fingerprint density at radius 1 is 1.19 bits per heavy atom. The molecule has 0 aromatic heterocycles. The average molecular weight is 308 g/mol. The molecule has 1 aliphatic rings. The molecule has 1 saturated carbocycles. The fourth-order valence-electron chi connectivity index (χ4n) is 2.81. The predicted molar refractivity (Wildman–Crippen MR) is 68.4 cm³/mol. The third-order valence-corrected chi connectivity index (χ3v) is 3.99. The molecule has 2 rings (SSSR count). The van der Waals surface area contributed by atoms with Crippen LogP contribution in [0.25, 0.3) is 0 Å². The van der Waals surface area contributed by atoms with Gasteiger partial charge < -0.3 is 0 Å². The third kappa shape index (κ3) is 3.91. The van der Waals surface area contributed by atoms with E-state index >= 15 is 0 Å². The van der Waals surface area contributed by atoms with Crippen molar-refractivity contribution in [3.63, 3.8) is 0 Å². The number of nitrogens with one attached hydrogen (secondary N) is 1. The standard InChI is InChI=1S/C14H17F5N2/c15-13(16)6-4-9(5-7-13)12(21-20)10-2-1-3-11(8-10)14(17,18)19/h1-3,8-9,12,21H,4-7,20H2. The van der Waals surface area contributed by atoms with Crippen LogP contribution in [0.1, 0.15) is 42.9 Å². The van der Waals surface area contributed by atoms with Crippen LogP contribution in [0.15, 0.2) is 24.3 Å². The zero-order valence-corrected chi connectivity index (χ0v) is 11.3. The number of hydrogen-bond donors (Lipinski definition) is 2. The minimum atomic E-state index is -4.44. The summed E-state index contributed by atoms with van der Waals surface area (Å²) in [5, 5.41) is 0. The number of benzene rings is 1. The van der Waals surface area contributed by atoms with Crippen molar-refractivity contribution < 1.29 is 22.0 Å². The van der Waals surface area contributed by atoms with E-state index in [0.717, 1.165) is 12.1 Å². The molecule has 0 saturated heterocycles. The van der Waals surface area contributed by atoms with Gasteiger partial charge in [0.1, 0.15) is 0 Å². The summed E-state index contributed by atoms with van der Waals surface area (Å²) in [4.78, 5) is 0. The van der Waals surface area contributed by atoms with E-state index in [2.05, 4.69) is 5.43 Å². The lowest BCUT2D eigenvalue weighted by Gasteiger charge is -2.33. The summed E-state index contributed by atoms with van der Waals surface area (Å²) in [5.74, 6) is 2.57. The van der Waals surface area contributed by atoms with Gasteiger partial charge in [-0.3, -0.25) is 11.3 Å². The van der Waals surface area contributed by atoms with Crippen LogP contribution in [-0.2, 0) is 6.18 Å². The van der Waals surface area contributed by atoms with Gasteiger partial charge in [-0.1, -0.05) is 12.1 Å². The Morgan fingerprint density at radius 2 is 1.81 bits per heavy atom. The smallest absolute Gasteiger partial charge is 0.271 e. The normalized spacial score (nSPS) is 21.2. The van der Waals surface area contributed by atoms with Gasteiger partial charge in [0, 0.05) is 18.9 Å². The van der Waals surface area contributed by atoms with E-state index in [1.54, 1.807) is 0 Å². The highest BCUT2D eigenvalue weighted by Crippen LogP contribution is 2.41. The van der Waals surface area contributed by atoms with E-state index < -0.39 is 23.7 Å². The summed E-state index contributed by atoms with van der Waals surface area (Å²) in [6, 6.07) is 4.29. The minimum Gasteiger partial charge on any atom is -0.271 e. The van der Waals surface area contributed by atoms with Gasteiger partial charge in [-0.25, -0.2) is 8.78 Å². The molecule has 1 fully saturated rings. The lowest BCUT2D eigenvalue weighted by atomic mass is 9.79. The first-order valence-corrected chi connectivity index (χ1v) is 6.74. The van der Waals surface area contributed by atoms with Crippen molar-refractivity contribution in [2.24, 2.45) is 11.8 Å². The SMILES string of the molecule is NNC(c1cccc(C(F)(F)F)c1)C1CCC(F)(F)CC1. The van der Waals surface area contributed by atoms with Crippen LogP contribution in [-0.4, -0.2) is 5.92 Å². The molecule has 7 heteroatoms. The number of halogens is 5. The van der Waals surface area contributed by atoms with E-state index in [1.807, 2.05) is 0 Å². The molecule has 21 heavy (non-hydrogen) atoms. The summed E-state index contributed by atoms with van der Waals surface area (Å²) in [5.41, 5.74) is 2.10. The first-order valence-electron chi connectivity index (χ1n) is 6.74. The van der Waals surface area contributed by atoms with E-state index in [0.29, 0.717) is 5.56 Å². The topological polar surface area (TPSA) is 38.0 Å². The van der Waals surface area contributed by atoms with Crippen LogP contribution in [0.2, 0.25) is 0 Å². The van der Waals surface area contributed by atoms with Gasteiger partial charge >= 0.3 is 6.18 Å². The molecule has 0 spiro atoms. The monoisotopic (exact) mass is 308 g/mol. The fraction of sp³-hybridized carbons (Fsp3) is 0.571. The van der Waals surface area contributed by atoms with Crippen LogP contribution in [0, 0.1) is 5.92 Å². The molecule has 1 aromatic carbocycles. The Bertz CT molecular complexity index is 476. The highest BCUT2D eigenvalue weighted by atomic mass is 19.4. The third-order valence-electron chi connectivity index (χ3n) is 3.99. The fourth-order valence-corrected chi connectivity index (χ4v) is 2.81. The molecule has 118 valence electrons. The van der Waals surface area contributed by atoms with E-state index in [9.17, 15) is 22.0 Å². The average Bonchev–Trinajstić information content (AvgIpc) is 2.41. The Balaban J connectivity index is 2.18. The van der Waals surface area contributed by atoms with Crippen LogP contribution in [0.5, 0.6) is 0 Å². The van der Waals surface area contributed by atoms with E-state index in [-0.39, 0.29) is 31.6 Å². The first kappa shape index (κ1) is 16.2. The molecule has 1 aromatic rings. The van der Waals surface area contributed by atoms with Crippen LogP contribution in [0.4, 0.5) is 22.0 Å². The Morgan fingerprint density at radius 3 is 2.33 bits per heavy atom. The largest absolute Gasteiger partial charge is 0.416 e. The lowest BCUT2D eigenvalue weighted by molar-refractivity contribution is -0.137. The summed E-state index contributed by atoms with van der Waals surface area (Å²) in [7, 11) is 0. The van der Waals surface area contributed by atoms with Crippen molar-refractivity contribution in [2.45, 2.75) is 43.8 Å². The number of nitrogens with two attached hydrogens (primary N) is 1. The second-order valence-electron chi connectivity index (χ2n) is 5.46. The van der Waals surface area contributed by atoms with Crippen molar-refractivity contribution in [1.29, 1.82) is 0 Å². The van der Waals surface area contributed by atoms with Crippen molar-refractivity contribution in [2.75, 3.05) is 0 Å². The number of hydrazine groups is 1. The maximum absolute atomic E-state index is 13.2. The number of rotatable bonds is 3. The summed E-state index contributed by atoms with van der Waals surface area (Å²) in [6.07, 6.45) is -4.48. The second-order valence-corrected chi connectivity index (χ2v) is 5.46. The zero-order valence-electron chi connectivity index (χ0n) is 11.3. The second kappa shape index (κ2) is 5.88. The van der Waals surface area contributed by atoms with Gasteiger partial charge in [0.15, 0.2) is 0 Å². The summed E-state index contributed by atoms with van der Waals surface area (Å²) in [6.45, 7) is 0. The maximum atomic E-state index is 13.2. The molecule has 0 bridgehead atoms. The van der Waals surface area contributed by atoms with Crippen LogP contribution < -0.4 is 11.3 Å². The minimum absolute atomic E-state index is 0.196. The maximum Gasteiger partial charge on any atom is 0.416 e. The van der Waals surface area contributed by atoms with Crippen molar-refractivity contribution >= 4 is 0 Å². The van der Waals surface area contributed by atoms with Crippen molar-refractivity contribution in [3.8, 4) is 0 Å². The van der Waals surface area contributed by atoms with Crippen LogP contribution >= 0.6 is 0 Å². The number of alkyl halides is 5. The molecule has 1 unspecified atom stereocenters. The van der Waals surface area contributed by atoms with Gasteiger partial charge in [0.05, 0.1) is 5.56 Å². The molecule has 3 N–H and O–H groups in total. The Labute approximate surface area is 119 Å². The highest BCUT2D eigenvalue weighted by molar-refractivity contribution is 5.28. The van der Waals surface area contributed by atoms with Gasteiger partial charge in [0.25, 0.3) is 0 Å². The molecule has 1 aliphatic carbocycles.